The molecule has 1 aliphatic heterocycles. The molecule has 0 atom stereocenters. The molecule has 6 heteroatoms. The second-order valence-corrected chi connectivity index (χ2v) is 7.33. The average Bonchev–Trinajstić information content (AvgIpc) is 3.05. The van der Waals surface area contributed by atoms with E-state index in [1.165, 1.54) is 27.4 Å². The van der Waals surface area contributed by atoms with Crippen molar-refractivity contribution >= 4 is 10.9 Å². The maximum Gasteiger partial charge on any atom is 0.275 e. The van der Waals surface area contributed by atoms with Gasteiger partial charge in [0.25, 0.3) is 5.56 Å². The van der Waals surface area contributed by atoms with Gasteiger partial charge in [0, 0.05) is 30.7 Å². The molecule has 3 heterocycles. The van der Waals surface area contributed by atoms with E-state index in [2.05, 4.69) is 28.1 Å². The van der Waals surface area contributed by atoms with Crippen molar-refractivity contribution < 1.29 is 4.74 Å². The molecule has 1 N–H and O–H groups in total. The van der Waals surface area contributed by atoms with Crippen molar-refractivity contribution in [3.8, 4) is 11.4 Å². The zero-order valence-corrected chi connectivity index (χ0v) is 16.3. The van der Waals surface area contributed by atoms with Gasteiger partial charge < -0.3 is 14.6 Å². The number of rotatable bonds is 4. The van der Waals surface area contributed by atoms with E-state index in [9.17, 15) is 4.79 Å². The highest BCUT2D eigenvalue weighted by molar-refractivity contribution is 5.87. The normalized spacial score (nSPS) is 13.4. The lowest BCUT2D eigenvalue weighted by molar-refractivity contribution is 0.303. The van der Waals surface area contributed by atoms with Crippen molar-refractivity contribution in [2.24, 2.45) is 7.05 Å². The van der Waals surface area contributed by atoms with Crippen LogP contribution in [0.25, 0.3) is 16.6 Å². The van der Waals surface area contributed by atoms with Gasteiger partial charge >= 0.3 is 0 Å². The minimum absolute atomic E-state index is 0.212. The molecule has 2 aromatic heterocycles. The Morgan fingerprint density at radius 3 is 2.83 bits per heavy atom. The highest BCUT2D eigenvalue weighted by Gasteiger charge is 2.18. The van der Waals surface area contributed by atoms with E-state index in [-0.39, 0.29) is 5.56 Å². The molecule has 0 saturated carbocycles. The Labute approximate surface area is 168 Å². The van der Waals surface area contributed by atoms with Gasteiger partial charge in [-0.2, -0.15) is 9.78 Å². The lowest BCUT2D eigenvalue weighted by Crippen LogP contribution is -2.24. The Bertz CT molecular complexity index is 1240. The zero-order chi connectivity index (χ0) is 19.8. The Kier molecular flexibility index (Phi) is 4.41. The Morgan fingerprint density at radius 2 is 2.00 bits per heavy atom. The molecule has 146 valence electrons. The predicted molar refractivity (Wildman–Crippen MR) is 112 cm³/mol. The summed E-state index contributed by atoms with van der Waals surface area (Å²) in [5.41, 5.74) is 5.42. The molecule has 5 rings (SSSR count). The van der Waals surface area contributed by atoms with Crippen LogP contribution in [0.1, 0.15) is 16.8 Å². The van der Waals surface area contributed by atoms with E-state index in [0.29, 0.717) is 12.4 Å². The molecule has 0 unspecified atom stereocenters. The molecule has 0 fully saturated rings. The van der Waals surface area contributed by atoms with Crippen LogP contribution < -0.4 is 15.6 Å². The van der Waals surface area contributed by atoms with Crippen molar-refractivity contribution in [1.82, 2.24) is 19.7 Å². The highest BCUT2D eigenvalue weighted by Crippen LogP contribution is 2.29. The van der Waals surface area contributed by atoms with Crippen LogP contribution in [-0.2, 0) is 26.6 Å². The van der Waals surface area contributed by atoms with Crippen molar-refractivity contribution in [3.63, 3.8) is 0 Å². The monoisotopic (exact) mass is 386 g/mol. The molecule has 0 amide bonds. The summed E-state index contributed by atoms with van der Waals surface area (Å²) in [6.07, 6.45) is 2.62. The van der Waals surface area contributed by atoms with Gasteiger partial charge in [-0.3, -0.25) is 4.79 Å². The third-order valence-corrected chi connectivity index (χ3v) is 5.53. The third kappa shape index (κ3) is 3.21. The van der Waals surface area contributed by atoms with Gasteiger partial charge in [-0.05, 0) is 36.2 Å². The summed E-state index contributed by atoms with van der Waals surface area (Å²) >= 11 is 0. The second kappa shape index (κ2) is 7.22. The van der Waals surface area contributed by atoms with E-state index in [1.807, 2.05) is 42.5 Å². The minimum atomic E-state index is -0.212. The van der Waals surface area contributed by atoms with E-state index in [4.69, 9.17) is 4.74 Å². The standard InChI is InChI=1S/C23H22N4O2/c1-26-21-11-17(7-8-19(21)20-9-10-24-14-22(20)26)27-23(28)12-18(13-25-27)29-15-16-5-3-2-4-6-16/h2-8,11-13,24H,9-10,14-15H2,1H3. The van der Waals surface area contributed by atoms with Crippen LogP contribution in [-0.4, -0.2) is 20.9 Å². The molecule has 2 aromatic carbocycles. The van der Waals surface area contributed by atoms with E-state index in [0.717, 1.165) is 36.3 Å². The second-order valence-electron chi connectivity index (χ2n) is 7.33. The fraction of sp³-hybridized carbons (Fsp3) is 0.217. The number of hydrogen-bond acceptors (Lipinski definition) is 4. The van der Waals surface area contributed by atoms with Gasteiger partial charge in [0.2, 0.25) is 0 Å². The molecule has 1 aliphatic rings. The molecule has 0 spiro atoms. The number of nitrogens with one attached hydrogen (secondary N) is 1. The lowest BCUT2D eigenvalue weighted by Gasteiger charge is -2.14. The first-order valence-electron chi connectivity index (χ1n) is 9.78. The number of ether oxygens (including phenoxy) is 1. The first-order valence-corrected chi connectivity index (χ1v) is 9.78. The fourth-order valence-electron chi connectivity index (χ4n) is 4.02. The topological polar surface area (TPSA) is 61.1 Å². The first-order chi connectivity index (χ1) is 14.2. The molecular weight excluding hydrogens is 364 g/mol. The van der Waals surface area contributed by atoms with E-state index in [1.54, 1.807) is 6.20 Å². The van der Waals surface area contributed by atoms with E-state index >= 15 is 0 Å². The number of nitrogens with zero attached hydrogens (tertiary/aromatic N) is 3. The number of benzene rings is 2. The van der Waals surface area contributed by atoms with Gasteiger partial charge in [0.1, 0.15) is 12.4 Å². The molecule has 0 saturated heterocycles. The quantitative estimate of drug-likeness (QED) is 0.586. The first kappa shape index (κ1) is 17.7. The number of fused-ring (bicyclic) bond motifs is 3. The largest absolute Gasteiger partial charge is 0.487 e. The van der Waals surface area contributed by atoms with Gasteiger partial charge in [-0.1, -0.05) is 36.4 Å². The zero-order valence-electron chi connectivity index (χ0n) is 16.3. The summed E-state index contributed by atoms with van der Waals surface area (Å²) in [5.74, 6) is 0.469. The average molecular weight is 386 g/mol. The molecule has 0 aliphatic carbocycles. The molecule has 6 nitrogen and oxygen atoms in total. The van der Waals surface area contributed by atoms with Crippen molar-refractivity contribution in [2.45, 2.75) is 19.6 Å². The fourth-order valence-corrected chi connectivity index (χ4v) is 4.02. The molecule has 0 radical (unpaired) electrons. The van der Waals surface area contributed by atoms with Crippen LogP contribution in [0, 0.1) is 0 Å². The predicted octanol–water partition coefficient (Wildman–Crippen LogP) is 2.95. The van der Waals surface area contributed by atoms with Gasteiger partial charge in [0.15, 0.2) is 0 Å². The number of hydrogen-bond donors (Lipinski definition) is 1. The van der Waals surface area contributed by atoms with Gasteiger partial charge in [-0.15, -0.1) is 0 Å². The maximum absolute atomic E-state index is 12.7. The summed E-state index contributed by atoms with van der Waals surface area (Å²) in [6.45, 7) is 2.28. The smallest absolute Gasteiger partial charge is 0.275 e. The van der Waals surface area contributed by atoms with Crippen molar-refractivity contribution in [3.05, 3.63) is 88.0 Å². The summed E-state index contributed by atoms with van der Waals surface area (Å²) < 4.78 is 9.35. The van der Waals surface area contributed by atoms with Gasteiger partial charge in [-0.25, -0.2) is 0 Å². The van der Waals surface area contributed by atoms with E-state index < -0.39 is 0 Å². The maximum atomic E-state index is 12.7. The molecular formula is C23H22N4O2. The summed E-state index contributed by atoms with van der Waals surface area (Å²) in [6, 6.07) is 17.4. The van der Waals surface area contributed by atoms with Crippen LogP contribution in [0.2, 0.25) is 0 Å². The van der Waals surface area contributed by atoms with Crippen LogP contribution in [0.3, 0.4) is 0 Å². The number of aryl methyl sites for hydroxylation is 1. The Balaban J connectivity index is 1.45. The van der Waals surface area contributed by atoms with Crippen LogP contribution in [0.4, 0.5) is 0 Å². The lowest BCUT2D eigenvalue weighted by atomic mass is 10.0. The molecule has 0 bridgehead atoms. The minimum Gasteiger partial charge on any atom is -0.487 e. The van der Waals surface area contributed by atoms with Crippen LogP contribution in [0.5, 0.6) is 5.75 Å². The highest BCUT2D eigenvalue weighted by atomic mass is 16.5. The Morgan fingerprint density at radius 1 is 1.14 bits per heavy atom. The van der Waals surface area contributed by atoms with Crippen molar-refractivity contribution in [2.75, 3.05) is 6.54 Å². The third-order valence-electron chi connectivity index (χ3n) is 5.53. The summed E-state index contributed by atoms with van der Waals surface area (Å²) in [5, 5.41) is 9.02. The molecule has 4 aromatic rings. The van der Waals surface area contributed by atoms with Gasteiger partial charge in [0.05, 0.1) is 17.4 Å². The number of aromatic nitrogens is 3. The summed E-state index contributed by atoms with van der Waals surface area (Å²) in [7, 11) is 2.08. The van der Waals surface area contributed by atoms with Crippen LogP contribution in [0.15, 0.2) is 65.6 Å². The van der Waals surface area contributed by atoms with Crippen molar-refractivity contribution in [1.29, 1.82) is 0 Å². The molecule has 29 heavy (non-hydrogen) atoms. The summed E-state index contributed by atoms with van der Waals surface area (Å²) in [4.78, 5) is 12.7. The van der Waals surface area contributed by atoms with Crippen LogP contribution >= 0.6 is 0 Å². The Hall–Kier alpha value is -3.38. The SMILES string of the molecule is Cn1c2c(c3ccc(-n4ncc(OCc5ccccc5)cc4=O)cc31)CCNC2.